The van der Waals surface area contributed by atoms with Crippen molar-refractivity contribution < 1.29 is 13.2 Å². The van der Waals surface area contributed by atoms with Crippen molar-refractivity contribution in [2.75, 3.05) is 12.0 Å². The molecule has 1 unspecified atom stereocenters. The molecule has 0 bridgehead atoms. The summed E-state index contributed by atoms with van der Waals surface area (Å²) in [6.45, 7) is 0. The minimum Gasteiger partial charge on any atom is -0.321 e. The van der Waals surface area contributed by atoms with E-state index in [1.54, 1.807) is 18.2 Å². The fraction of sp³-hybridized carbons (Fsp3) is 0.417. The maximum Gasteiger partial charge on any atom is 0.154 e. The van der Waals surface area contributed by atoms with Crippen molar-refractivity contribution in [3.05, 3.63) is 33.8 Å². The number of halogens is 2. The molecule has 1 aromatic rings. The third-order valence-electron chi connectivity index (χ3n) is 2.63. The van der Waals surface area contributed by atoms with Crippen LogP contribution in [0.2, 0.25) is 10.0 Å². The van der Waals surface area contributed by atoms with Crippen molar-refractivity contribution in [1.29, 1.82) is 0 Å². The normalized spacial score (nSPS) is 13.3. The Morgan fingerprint density at radius 1 is 1.32 bits per heavy atom. The number of nitrogens with two attached hydrogens (primary N) is 1. The van der Waals surface area contributed by atoms with Crippen LogP contribution in [0, 0.1) is 0 Å². The van der Waals surface area contributed by atoms with Crippen LogP contribution in [0.4, 0.5) is 0 Å². The smallest absolute Gasteiger partial charge is 0.154 e. The number of sulfone groups is 1. The van der Waals surface area contributed by atoms with Crippen molar-refractivity contribution in [2.45, 2.75) is 18.9 Å². The van der Waals surface area contributed by atoms with E-state index >= 15 is 0 Å². The van der Waals surface area contributed by atoms with Crippen LogP contribution >= 0.6 is 23.2 Å². The number of hydrogen-bond donors (Lipinski definition) is 1. The van der Waals surface area contributed by atoms with Gasteiger partial charge < -0.3 is 5.73 Å². The van der Waals surface area contributed by atoms with Gasteiger partial charge in [-0.05, 0) is 24.1 Å². The van der Waals surface area contributed by atoms with Crippen molar-refractivity contribution in [1.82, 2.24) is 0 Å². The molecule has 0 aliphatic heterocycles. The highest BCUT2D eigenvalue weighted by Crippen LogP contribution is 2.25. The molecule has 4 nitrogen and oxygen atoms in total. The highest BCUT2D eigenvalue weighted by molar-refractivity contribution is 7.90. The van der Waals surface area contributed by atoms with Gasteiger partial charge in [-0.3, -0.25) is 4.79 Å². The number of benzene rings is 1. The summed E-state index contributed by atoms with van der Waals surface area (Å²) in [6.07, 6.45) is 1.21. The standard InChI is InChI=1S/C12H15Cl2NO3S/c1-19(17,18)6-5-11(15)12(16)7-8-9(13)3-2-4-10(8)14/h2-4,11H,5-7,15H2,1H3. The number of ketones is 1. The summed E-state index contributed by atoms with van der Waals surface area (Å²) in [4.78, 5) is 11.9. The van der Waals surface area contributed by atoms with Crippen molar-refractivity contribution >= 4 is 38.8 Å². The molecule has 0 saturated heterocycles. The van der Waals surface area contributed by atoms with E-state index in [4.69, 9.17) is 28.9 Å². The molecule has 0 radical (unpaired) electrons. The maximum atomic E-state index is 11.9. The van der Waals surface area contributed by atoms with Crippen LogP contribution in [-0.2, 0) is 21.1 Å². The molecule has 1 aromatic carbocycles. The Labute approximate surface area is 122 Å². The lowest BCUT2D eigenvalue weighted by Crippen LogP contribution is -2.33. The zero-order valence-electron chi connectivity index (χ0n) is 10.4. The van der Waals surface area contributed by atoms with Gasteiger partial charge in [0.2, 0.25) is 0 Å². The third-order valence-corrected chi connectivity index (χ3v) is 4.31. The first-order valence-electron chi connectivity index (χ1n) is 5.59. The van der Waals surface area contributed by atoms with Crippen molar-refractivity contribution in [3.63, 3.8) is 0 Å². The second-order valence-corrected chi connectivity index (χ2v) is 7.44. The Kier molecular flexibility index (Phi) is 5.80. The fourth-order valence-electron chi connectivity index (χ4n) is 1.51. The van der Waals surface area contributed by atoms with E-state index in [-0.39, 0.29) is 24.4 Å². The molecular formula is C12H15Cl2NO3S. The zero-order chi connectivity index (χ0) is 14.6. The van der Waals surface area contributed by atoms with Crippen LogP contribution in [0.1, 0.15) is 12.0 Å². The molecular weight excluding hydrogens is 309 g/mol. The van der Waals surface area contributed by atoms with E-state index in [1.807, 2.05) is 0 Å². The van der Waals surface area contributed by atoms with Gasteiger partial charge >= 0.3 is 0 Å². The SMILES string of the molecule is CS(=O)(=O)CCC(N)C(=O)Cc1c(Cl)cccc1Cl. The van der Waals surface area contributed by atoms with Crippen LogP contribution in [-0.4, -0.2) is 32.3 Å². The summed E-state index contributed by atoms with van der Waals surface area (Å²) in [5.74, 6) is -0.394. The van der Waals surface area contributed by atoms with Gasteiger partial charge in [-0.25, -0.2) is 8.42 Å². The monoisotopic (exact) mass is 323 g/mol. The quantitative estimate of drug-likeness (QED) is 0.866. The first-order valence-corrected chi connectivity index (χ1v) is 8.41. The van der Waals surface area contributed by atoms with Gasteiger partial charge in [0.25, 0.3) is 0 Å². The molecule has 1 atom stereocenters. The minimum atomic E-state index is -3.13. The number of carbonyl (C=O) groups is 1. The van der Waals surface area contributed by atoms with Crippen LogP contribution in [0.3, 0.4) is 0 Å². The largest absolute Gasteiger partial charge is 0.321 e. The number of rotatable bonds is 6. The summed E-state index contributed by atoms with van der Waals surface area (Å²) in [7, 11) is -3.13. The van der Waals surface area contributed by atoms with Gasteiger partial charge in [-0.15, -0.1) is 0 Å². The second kappa shape index (κ2) is 6.70. The highest BCUT2D eigenvalue weighted by atomic mass is 35.5. The van der Waals surface area contributed by atoms with E-state index in [0.717, 1.165) is 6.26 Å². The van der Waals surface area contributed by atoms with E-state index in [9.17, 15) is 13.2 Å². The van der Waals surface area contributed by atoms with Gasteiger partial charge in [-0.1, -0.05) is 29.3 Å². The average molecular weight is 324 g/mol. The van der Waals surface area contributed by atoms with E-state index in [1.165, 1.54) is 0 Å². The molecule has 19 heavy (non-hydrogen) atoms. The molecule has 0 spiro atoms. The molecule has 0 aliphatic carbocycles. The Morgan fingerprint density at radius 2 is 1.84 bits per heavy atom. The fourth-order valence-corrected chi connectivity index (χ4v) is 2.72. The molecule has 2 N–H and O–H groups in total. The van der Waals surface area contributed by atoms with E-state index < -0.39 is 15.9 Å². The highest BCUT2D eigenvalue weighted by Gasteiger charge is 2.18. The molecule has 106 valence electrons. The topological polar surface area (TPSA) is 77.2 Å². The number of carbonyl (C=O) groups excluding carboxylic acids is 1. The van der Waals surface area contributed by atoms with Gasteiger partial charge in [0.05, 0.1) is 11.8 Å². The summed E-state index contributed by atoms with van der Waals surface area (Å²) in [6, 6.07) is 4.13. The summed E-state index contributed by atoms with van der Waals surface area (Å²) in [5, 5.41) is 0.798. The van der Waals surface area contributed by atoms with Crippen LogP contribution in [0.5, 0.6) is 0 Å². The van der Waals surface area contributed by atoms with Gasteiger partial charge in [-0.2, -0.15) is 0 Å². The lowest BCUT2D eigenvalue weighted by atomic mass is 10.0. The molecule has 0 aliphatic rings. The molecule has 0 heterocycles. The number of hydrogen-bond acceptors (Lipinski definition) is 4. The molecule has 0 aromatic heterocycles. The second-order valence-electron chi connectivity index (χ2n) is 4.37. The molecule has 0 saturated carbocycles. The summed E-state index contributed by atoms with van der Waals surface area (Å²) < 4.78 is 22.0. The lowest BCUT2D eigenvalue weighted by molar-refractivity contribution is -0.119. The van der Waals surface area contributed by atoms with E-state index in [2.05, 4.69) is 0 Å². The Balaban J connectivity index is 2.69. The Hall–Kier alpha value is -0.620. The van der Waals surface area contributed by atoms with Crippen LogP contribution in [0.25, 0.3) is 0 Å². The average Bonchev–Trinajstić information content (AvgIpc) is 2.29. The van der Waals surface area contributed by atoms with Gasteiger partial charge in [0, 0.05) is 22.7 Å². The Bertz CT molecular complexity index is 552. The van der Waals surface area contributed by atoms with Crippen molar-refractivity contribution in [3.8, 4) is 0 Å². The molecule has 1 rings (SSSR count). The van der Waals surface area contributed by atoms with Gasteiger partial charge in [0.1, 0.15) is 9.84 Å². The lowest BCUT2D eigenvalue weighted by Gasteiger charge is -2.11. The predicted molar refractivity (Wildman–Crippen MR) is 77.5 cm³/mol. The molecule has 0 fully saturated rings. The number of Topliss-reactive ketones (excluding diaryl/α,β-unsaturated/α-hetero) is 1. The summed E-state index contributed by atoms with van der Waals surface area (Å²) in [5.41, 5.74) is 6.19. The Morgan fingerprint density at radius 3 is 2.32 bits per heavy atom. The predicted octanol–water partition coefficient (Wildman–Crippen LogP) is 1.87. The first kappa shape index (κ1) is 16.4. The van der Waals surface area contributed by atoms with Crippen LogP contribution < -0.4 is 5.73 Å². The molecule has 0 amide bonds. The van der Waals surface area contributed by atoms with Gasteiger partial charge in [0.15, 0.2) is 5.78 Å². The zero-order valence-corrected chi connectivity index (χ0v) is 12.7. The first-order chi connectivity index (χ1) is 8.70. The summed E-state index contributed by atoms with van der Waals surface area (Å²) >= 11 is 11.9. The minimum absolute atomic E-state index is 0.00341. The molecule has 7 heteroatoms. The van der Waals surface area contributed by atoms with Crippen LogP contribution in [0.15, 0.2) is 18.2 Å². The van der Waals surface area contributed by atoms with Crippen molar-refractivity contribution in [2.24, 2.45) is 5.73 Å². The van der Waals surface area contributed by atoms with E-state index in [0.29, 0.717) is 15.6 Å². The maximum absolute atomic E-state index is 11.9. The third kappa shape index (κ3) is 5.48.